The number of hydrogen-bond acceptors (Lipinski definition) is 3. The lowest BCUT2D eigenvalue weighted by Gasteiger charge is -2.14. The molecule has 0 aliphatic heterocycles. The Morgan fingerprint density at radius 1 is 1.04 bits per heavy atom. The van der Waals surface area contributed by atoms with Crippen molar-refractivity contribution in [1.82, 2.24) is 0 Å². The highest BCUT2D eigenvalue weighted by Gasteiger charge is 2.21. The average Bonchev–Trinajstić information content (AvgIpc) is 2.57. The van der Waals surface area contributed by atoms with Crippen molar-refractivity contribution in [2.75, 3.05) is 11.3 Å². The molecular weight excluding hydrogens is 390 g/mol. The van der Waals surface area contributed by atoms with Gasteiger partial charge < -0.3 is 4.74 Å². The van der Waals surface area contributed by atoms with Crippen LogP contribution in [-0.2, 0) is 10.0 Å². The van der Waals surface area contributed by atoms with Crippen molar-refractivity contribution in [3.63, 3.8) is 0 Å². The van der Waals surface area contributed by atoms with Crippen LogP contribution in [0.15, 0.2) is 70.0 Å². The van der Waals surface area contributed by atoms with E-state index in [1.807, 2.05) is 43.3 Å². The molecule has 0 spiro atoms. The van der Waals surface area contributed by atoms with Crippen LogP contribution in [0.4, 0.5) is 5.69 Å². The number of anilines is 1. The van der Waals surface area contributed by atoms with Gasteiger partial charge >= 0.3 is 0 Å². The number of hydrogen-bond donors (Lipinski definition) is 1. The summed E-state index contributed by atoms with van der Waals surface area (Å²) in [6.45, 7) is 2.20. The summed E-state index contributed by atoms with van der Waals surface area (Å²) in [5, 5.41) is 1.81. The first-order valence-electron chi connectivity index (χ1n) is 7.44. The van der Waals surface area contributed by atoms with Crippen LogP contribution in [0.25, 0.3) is 10.8 Å². The van der Waals surface area contributed by atoms with Crippen molar-refractivity contribution in [1.29, 1.82) is 0 Å². The van der Waals surface area contributed by atoms with Crippen LogP contribution in [0.2, 0.25) is 0 Å². The van der Waals surface area contributed by atoms with Crippen LogP contribution in [0.3, 0.4) is 0 Å². The second kappa shape index (κ2) is 6.83. The molecular formula is C18H16BrNO3S. The lowest BCUT2D eigenvalue weighted by Crippen LogP contribution is -2.14. The molecule has 3 aromatic carbocycles. The van der Waals surface area contributed by atoms with Crippen molar-refractivity contribution in [3.05, 3.63) is 65.1 Å². The molecule has 0 saturated carbocycles. The summed E-state index contributed by atoms with van der Waals surface area (Å²) in [7, 11) is -3.79. The molecule has 0 aromatic heterocycles. The maximum atomic E-state index is 12.9. The van der Waals surface area contributed by atoms with Gasteiger partial charge in [-0.3, -0.25) is 4.72 Å². The Kier molecular flexibility index (Phi) is 4.78. The van der Waals surface area contributed by atoms with Crippen LogP contribution < -0.4 is 9.46 Å². The molecule has 3 rings (SSSR count). The molecule has 0 bridgehead atoms. The lowest BCUT2D eigenvalue weighted by molar-refractivity contribution is 0.331. The molecule has 6 heteroatoms. The maximum absolute atomic E-state index is 12.9. The van der Waals surface area contributed by atoms with Crippen molar-refractivity contribution < 1.29 is 13.2 Å². The zero-order valence-electron chi connectivity index (χ0n) is 13.0. The summed E-state index contributed by atoms with van der Waals surface area (Å²) in [5.41, 5.74) is 0.538. The van der Waals surface area contributed by atoms with Gasteiger partial charge in [0.15, 0.2) is 0 Å². The fourth-order valence-corrected chi connectivity index (χ4v) is 4.24. The van der Waals surface area contributed by atoms with Gasteiger partial charge in [0.05, 0.1) is 12.3 Å². The molecule has 4 nitrogen and oxygen atoms in total. The molecule has 0 unspecified atom stereocenters. The van der Waals surface area contributed by atoms with E-state index in [1.165, 1.54) is 0 Å². The first-order chi connectivity index (χ1) is 11.5. The monoisotopic (exact) mass is 405 g/mol. The fraction of sp³-hybridized carbons (Fsp3) is 0.111. The number of nitrogens with one attached hydrogen (secondary N) is 1. The number of benzene rings is 3. The van der Waals surface area contributed by atoms with Gasteiger partial charge in [-0.05, 0) is 36.6 Å². The second-order valence-corrected chi connectivity index (χ2v) is 7.72. The summed E-state index contributed by atoms with van der Waals surface area (Å²) in [5.74, 6) is 0.327. The molecule has 3 aromatic rings. The van der Waals surface area contributed by atoms with Gasteiger partial charge in [0.25, 0.3) is 10.0 Å². The van der Waals surface area contributed by atoms with E-state index in [-0.39, 0.29) is 4.90 Å². The minimum absolute atomic E-state index is 0.103. The molecule has 0 fully saturated rings. The summed E-state index contributed by atoms with van der Waals surface area (Å²) in [6.07, 6.45) is 0. The smallest absolute Gasteiger partial charge is 0.265 e. The summed E-state index contributed by atoms with van der Waals surface area (Å²) >= 11 is 3.32. The van der Waals surface area contributed by atoms with Gasteiger partial charge in [0.2, 0.25) is 0 Å². The standard InChI is InChI=1S/C18H16BrNO3S/c1-2-23-17-11-10-14(19)12-18(17)24(21,22)20-16-9-5-7-13-6-3-4-8-15(13)16/h3-12,20H,2H2,1H3. The van der Waals surface area contributed by atoms with Crippen molar-refractivity contribution in [2.45, 2.75) is 11.8 Å². The highest BCUT2D eigenvalue weighted by atomic mass is 79.9. The van der Waals surface area contributed by atoms with E-state index < -0.39 is 10.0 Å². The minimum atomic E-state index is -3.79. The Bertz CT molecular complexity index is 981. The molecule has 0 atom stereocenters. The lowest BCUT2D eigenvalue weighted by atomic mass is 10.1. The van der Waals surface area contributed by atoms with E-state index in [4.69, 9.17) is 4.74 Å². The van der Waals surface area contributed by atoms with E-state index >= 15 is 0 Å². The topological polar surface area (TPSA) is 55.4 Å². The molecule has 0 saturated heterocycles. The third-order valence-electron chi connectivity index (χ3n) is 3.53. The van der Waals surface area contributed by atoms with Gasteiger partial charge in [-0.2, -0.15) is 0 Å². The molecule has 1 N–H and O–H groups in total. The van der Waals surface area contributed by atoms with Gasteiger partial charge in [-0.1, -0.05) is 52.3 Å². The molecule has 24 heavy (non-hydrogen) atoms. The molecule has 124 valence electrons. The van der Waals surface area contributed by atoms with E-state index in [0.717, 1.165) is 10.8 Å². The van der Waals surface area contributed by atoms with E-state index in [1.54, 1.807) is 24.3 Å². The number of fused-ring (bicyclic) bond motifs is 1. The van der Waals surface area contributed by atoms with Gasteiger partial charge in [-0.25, -0.2) is 8.42 Å². The number of rotatable bonds is 5. The Morgan fingerprint density at radius 3 is 2.58 bits per heavy atom. The molecule has 0 radical (unpaired) electrons. The zero-order chi connectivity index (χ0) is 17.2. The van der Waals surface area contributed by atoms with E-state index in [0.29, 0.717) is 22.5 Å². The second-order valence-electron chi connectivity index (χ2n) is 5.16. The van der Waals surface area contributed by atoms with E-state index in [2.05, 4.69) is 20.7 Å². The van der Waals surface area contributed by atoms with Crippen LogP contribution in [0, 0.1) is 0 Å². The molecule has 0 amide bonds. The first-order valence-corrected chi connectivity index (χ1v) is 9.72. The maximum Gasteiger partial charge on any atom is 0.265 e. The quantitative estimate of drug-likeness (QED) is 0.662. The van der Waals surface area contributed by atoms with Gasteiger partial charge in [0, 0.05) is 9.86 Å². The summed E-state index contributed by atoms with van der Waals surface area (Å²) in [4.78, 5) is 0.103. The minimum Gasteiger partial charge on any atom is -0.492 e. The van der Waals surface area contributed by atoms with Crippen molar-refractivity contribution in [2.24, 2.45) is 0 Å². The van der Waals surface area contributed by atoms with Crippen molar-refractivity contribution in [3.8, 4) is 5.75 Å². The third kappa shape index (κ3) is 3.39. The average molecular weight is 406 g/mol. The Hall–Kier alpha value is -2.05. The SMILES string of the molecule is CCOc1ccc(Br)cc1S(=O)(=O)Nc1cccc2ccccc12. The predicted octanol–water partition coefficient (Wildman–Crippen LogP) is 4.80. The summed E-state index contributed by atoms with van der Waals surface area (Å²) in [6, 6.07) is 18.1. The highest BCUT2D eigenvalue weighted by Crippen LogP contribution is 2.31. The highest BCUT2D eigenvalue weighted by molar-refractivity contribution is 9.10. The molecule has 0 heterocycles. The Morgan fingerprint density at radius 2 is 1.79 bits per heavy atom. The Labute approximate surface area is 149 Å². The van der Waals surface area contributed by atoms with Gasteiger partial charge in [0.1, 0.15) is 10.6 Å². The molecule has 0 aliphatic carbocycles. The van der Waals surface area contributed by atoms with Crippen molar-refractivity contribution >= 4 is 42.4 Å². The third-order valence-corrected chi connectivity index (χ3v) is 5.41. The number of sulfonamides is 1. The van der Waals surface area contributed by atoms with Gasteiger partial charge in [-0.15, -0.1) is 0 Å². The fourth-order valence-electron chi connectivity index (χ4n) is 2.48. The van der Waals surface area contributed by atoms with Crippen LogP contribution >= 0.6 is 15.9 Å². The number of ether oxygens (including phenoxy) is 1. The van der Waals surface area contributed by atoms with Crippen LogP contribution in [0.1, 0.15) is 6.92 Å². The number of halogens is 1. The normalized spacial score (nSPS) is 11.4. The van der Waals surface area contributed by atoms with E-state index in [9.17, 15) is 8.42 Å². The van der Waals surface area contributed by atoms with Crippen LogP contribution in [-0.4, -0.2) is 15.0 Å². The predicted molar refractivity (Wildman–Crippen MR) is 100 cm³/mol. The first kappa shape index (κ1) is 16.8. The largest absolute Gasteiger partial charge is 0.492 e. The molecule has 0 aliphatic rings. The van der Waals surface area contributed by atoms with Crippen LogP contribution in [0.5, 0.6) is 5.75 Å². The zero-order valence-corrected chi connectivity index (χ0v) is 15.4. The Balaban J connectivity index is 2.07. The summed E-state index contributed by atoms with van der Waals surface area (Å²) < 4.78 is 34.6.